The molecule has 0 bridgehead atoms. The van der Waals surface area contributed by atoms with E-state index < -0.39 is 0 Å². The number of benzene rings is 2. The first kappa shape index (κ1) is 16.7. The predicted octanol–water partition coefficient (Wildman–Crippen LogP) is 4.54. The van der Waals surface area contributed by atoms with Crippen LogP contribution in [0.5, 0.6) is 0 Å². The number of nitrogens with one attached hydrogen (secondary N) is 1. The summed E-state index contributed by atoms with van der Waals surface area (Å²) in [5.74, 6) is 0.0571. The van der Waals surface area contributed by atoms with Gasteiger partial charge in [0.25, 0.3) is 0 Å². The van der Waals surface area contributed by atoms with Crippen molar-refractivity contribution in [3.8, 4) is 0 Å². The molecule has 1 amide bonds. The van der Waals surface area contributed by atoms with Crippen molar-refractivity contribution in [2.24, 2.45) is 0 Å². The summed E-state index contributed by atoms with van der Waals surface area (Å²) in [6, 6.07) is 18.2. The van der Waals surface area contributed by atoms with Gasteiger partial charge < -0.3 is 5.32 Å². The molecule has 0 aliphatic carbocycles. The highest BCUT2D eigenvalue weighted by molar-refractivity contribution is 7.18. The zero-order valence-corrected chi connectivity index (χ0v) is 14.7. The maximum Gasteiger partial charge on any atom is 0.227 e. The third-order valence-corrected chi connectivity index (χ3v) is 5.23. The van der Waals surface area contributed by atoms with Crippen LogP contribution in [0.15, 0.2) is 54.6 Å². The second-order valence-electron chi connectivity index (χ2n) is 5.84. The highest BCUT2D eigenvalue weighted by Crippen LogP contribution is 2.22. The predicted molar refractivity (Wildman–Crippen MR) is 100 cm³/mol. The first-order valence-corrected chi connectivity index (χ1v) is 9.26. The Balaban J connectivity index is 1.49. The smallest absolute Gasteiger partial charge is 0.227 e. The number of amides is 1. The summed E-state index contributed by atoms with van der Waals surface area (Å²) in [5, 5.41) is 4.21. The number of hydrogen-bond donors (Lipinski definition) is 1. The molecule has 3 nitrogen and oxygen atoms in total. The minimum absolute atomic E-state index is 0.0614. The third kappa shape index (κ3) is 4.01. The van der Waals surface area contributed by atoms with E-state index in [1.54, 1.807) is 11.3 Å². The lowest BCUT2D eigenvalue weighted by atomic mass is 9.95. The minimum Gasteiger partial charge on any atom is -0.356 e. The summed E-state index contributed by atoms with van der Waals surface area (Å²) in [5.41, 5.74) is 2.15. The number of aromatic nitrogens is 1. The fraction of sp³-hybridized carbons (Fsp3) is 0.300. The summed E-state index contributed by atoms with van der Waals surface area (Å²) < 4.78 is 1.23. The minimum atomic E-state index is -0.0614. The van der Waals surface area contributed by atoms with E-state index in [1.165, 1.54) is 4.70 Å². The number of rotatable bonds is 7. The molecule has 3 rings (SSSR count). The Labute approximate surface area is 146 Å². The molecule has 0 aliphatic heterocycles. The van der Waals surface area contributed by atoms with E-state index in [9.17, 15) is 4.79 Å². The molecular formula is C20H22N2OS. The van der Waals surface area contributed by atoms with Crippen molar-refractivity contribution in [2.45, 2.75) is 32.1 Å². The van der Waals surface area contributed by atoms with Crippen LogP contribution in [0.4, 0.5) is 0 Å². The highest BCUT2D eigenvalue weighted by Gasteiger charge is 2.17. The first-order chi connectivity index (χ1) is 11.8. The van der Waals surface area contributed by atoms with Gasteiger partial charge in [-0.25, -0.2) is 4.98 Å². The Kier molecular flexibility index (Phi) is 5.59. The van der Waals surface area contributed by atoms with Crippen LogP contribution in [-0.4, -0.2) is 17.4 Å². The summed E-state index contributed by atoms with van der Waals surface area (Å²) in [7, 11) is 0. The van der Waals surface area contributed by atoms with Crippen LogP contribution in [0.2, 0.25) is 0 Å². The molecule has 1 aromatic heterocycles. The van der Waals surface area contributed by atoms with Crippen molar-refractivity contribution >= 4 is 27.5 Å². The van der Waals surface area contributed by atoms with E-state index in [1.807, 2.05) is 48.5 Å². The molecule has 0 spiro atoms. The largest absolute Gasteiger partial charge is 0.356 e. The Bertz CT molecular complexity index is 765. The standard InChI is InChI=1S/C20H22N2OS/c1-2-16(15-9-4-3-5-10-15)20(23)21-14-8-13-19-22-17-11-6-7-12-18(17)24-19/h3-7,9-12,16H,2,8,13-14H2,1H3,(H,21,23). The molecule has 3 aromatic rings. The Hall–Kier alpha value is -2.20. The third-order valence-electron chi connectivity index (χ3n) is 4.13. The molecule has 1 N–H and O–H groups in total. The van der Waals surface area contributed by atoms with Crippen LogP contribution in [-0.2, 0) is 11.2 Å². The number of nitrogens with zero attached hydrogens (tertiary/aromatic N) is 1. The molecule has 2 aromatic carbocycles. The van der Waals surface area contributed by atoms with Crippen molar-refractivity contribution in [1.29, 1.82) is 0 Å². The zero-order chi connectivity index (χ0) is 16.8. The molecule has 0 radical (unpaired) electrons. The highest BCUT2D eigenvalue weighted by atomic mass is 32.1. The number of hydrogen-bond acceptors (Lipinski definition) is 3. The van der Waals surface area contributed by atoms with Crippen LogP contribution in [0.3, 0.4) is 0 Å². The van der Waals surface area contributed by atoms with E-state index >= 15 is 0 Å². The monoisotopic (exact) mass is 338 g/mol. The molecule has 0 aliphatic rings. The lowest BCUT2D eigenvalue weighted by Gasteiger charge is -2.15. The van der Waals surface area contributed by atoms with Crippen LogP contribution in [0.1, 0.15) is 36.3 Å². The molecule has 0 saturated heterocycles. The summed E-state index contributed by atoms with van der Waals surface area (Å²) in [4.78, 5) is 17.0. The van der Waals surface area contributed by atoms with Gasteiger partial charge in [0.15, 0.2) is 0 Å². The van der Waals surface area contributed by atoms with Crippen molar-refractivity contribution in [3.05, 3.63) is 65.2 Å². The molecule has 1 heterocycles. The van der Waals surface area contributed by atoms with Crippen LogP contribution >= 0.6 is 11.3 Å². The Morgan fingerprint density at radius 3 is 2.62 bits per heavy atom. The van der Waals surface area contributed by atoms with Gasteiger partial charge in [0.05, 0.1) is 21.1 Å². The number of para-hydroxylation sites is 1. The van der Waals surface area contributed by atoms with Crippen molar-refractivity contribution < 1.29 is 4.79 Å². The normalized spacial score (nSPS) is 12.2. The average molecular weight is 338 g/mol. The van der Waals surface area contributed by atoms with Crippen LogP contribution in [0, 0.1) is 0 Å². The van der Waals surface area contributed by atoms with Gasteiger partial charge >= 0.3 is 0 Å². The first-order valence-electron chi connectivity index (χ1n) is 8.45. The van der Waals surface area contributed by atoms with Gasteiger partial charge in [-0.3, -0.25) is 4.79 Å². The van der Waals surface area contributed by atoms with Crippen LogP contribution in [0.25, 0.3) is 10.2 Å². The summed E-state index contributed by atoms with van der Waals surface area (Å²) in [6.07, 6.45) is 2.63. The van der Waals surface area contributed by atoms with Gasteiger partial charge in [0.1, 0.15) is 0 Å². The topological polar surface area (TPSA) is 42.0 Å². The maximum atomic E-state index is 12.4. The van der Waals surface area contributed by atoms with Gasteiger partial charge in [-0.1, -0.05) is 49.4 Å². The molecule has 24 heavy (non-hydrogen) atoms. The number of fused-ring (bicyclic) bond motifs is 1. The molecular weight excluding hydrogens is 316 g/mol. The second kappa shape index (κ2) is 8.06. The number of thiazole rings is 1. The molecule has 0 saturated carbocycles. The lowest BCUT2D eigenvalue weighted by Crippen LogP contribution is -2.30. The molecule has 124 valence electrons. The van der Waals surface area contributed by atoms with E-state index in [-0.39, 0.29) is 11.8 Å². The maximum absolute atomic E-state index is 12.4. The van der Waals surface area contributed by atoms with Gasteiger partial charge in [-0.2, -0.15) is 0 Å². The fourth-order valence-electron chi connectivity index (χ4n) is 2.86. The van der Waals surface area contributed by atoms with Gasteiger partial charge in [0, 0.05) is 13.0 Å². The van der Waals surface area contributed by atoms with E-state index in [2.05, 4.69) is 23.3 Å². The molecule has 1 atom stereocenters. The number of carbonyl (C=O) groups is 1. The van der Waals surface area contributed by atoms with Crippen LogP contribution < -0.4 is 5.32 Å². The van der Waals surface area contributed by atoms with E-state index in [0.29, 0.717) is 6.54 Å². The lowest BCUT2D eigenvalue weighted by molar-refractivity contribution is -0.122. The van der Waals surface area contributed by atoms with Gasteiger partial charge in [-0.05, 0) is 30.5 Å². The average Bonchev–Trinajstić information content (AvgIpc) is 3.03. The zero-order valence-electron chi connectivity index (χ0n) is 13.9. The van der Waals surface area contributed by atoms with Gasteiger partial charge in [-0.15, -0.1) is 11.3 Å². The SMILES string of the molecule is CCC(C(=O)NCCCc1nc2ccccc2s1)c1ccccc1. The molecule has 1 unspecified atom stereocenters. The number of aryl methyl sites for hydroxylation is 1. The van der Waals surface area contributed by atoms with E-state index in [4.69, 9.17) is 0 Å². The second-order valence-corrected chi connectivity index (χ2v) is 6.96. The molecule has 0 fully saturated rings. The summed E-state index contributed by atoms with van der Waals surface area (Å²) >= 11 is 1.74. The molecule has 4 heteroatoms. The summed E-state index contributed by atoms with van der Waals surface area (Å²) in [6.45, 7) is 2.75. The van der Waals surface area contributed by atoms with Gasteiger partial charge in [0.2, 0.25) is 5.91 Å². The Morgan fingerprint density at radius 1 is 1.12 bits per heavy atom. The van der Waals surface area contributed by atoms with Crippen molar-refractivity contribution in [1.82, 2.24) is 10.3 Å². The van der Waals surface area contributed by atoms with Crippen molar-refractivity contribution in [2.75, 3.05) is 6.54 Å². The van der Waals surface area contributed by atoms with Crippen molar-refractivity contribution in [3.63, 3.8) is 0 Å². The van der Waals surface area contributed by atoms with E-state index in [0.717, 1.165) is 35.4 Å². The number of carbonyl (C=O) groups excluding carboxylic acids is 1. The quantitative estimate of drug-likeness (QED) is 0.643. The Morgan fingerprint density at radius 2 is 1.88 bits per heavy atom. The fourth-order valence-corrected chi connectivity index (χ4v) is 3.87.